The summed E-state index contributed by atoms with van der Waals surface area (Å²) in [5.41, 5.74) is 2.11. The Kier molecular flexibility index (Phi) is 7.38. The van der Waals surface area contributed by atoms with Gasteiger partial charge in [0.2, 0.25) is 11.6 Å². The average Bonchev–Trinajstić information content (AvgIpc) is 3.27. The van der Waals surface area contributed by atoms with Crippen LogP contribution in [0.15, 0.2) is 24.3 Å². The molecule has 1 saturated heterocycles. The lowest BCUT2D eigenvalue weighted by Gasteiger charge is -2.25. The summed E-state index contributed by atoms with van der Waals surface area (Å²) in [6.07, 6.45) is 7.06. The molecule has 0 radical (unpaired) electrons. The predicted molar refractivity (Wildman–Crippen MR) is 134 cm³/mol. The predicted octanol–water partition coefficient (Wildman–Crippen LogP) is 4.83. The topological polar surface area (TPSA) is 120 Å². The van der Waals surface area contributed by atoms with E-state index in [-0.39, 0.29) is 24.0 Å². The summed E-state index contributed by atoms with van der Waals surface area (Å²) in [4.78, 5) is 38.4. The van der Waals surface area contributed by atoms with E-state index in [1.54, 1.807) is 12.1 Å². The second kappa shape index (κ2) is 10.8. The van der Waals surface area contributed by atoms with E-state index in [1.165, 1.54) is 19.3 Å². The molecule has 10 heteroatoms. The van der Waals surface area contributed by atoms with Gasteiger partial charge in [0.15, 0.2) is 11.5 Å². The van der Waals surface area contributed by atoms with E-state index in [2.05, 4.69) is 9.97 Å². The van der Waals surface area contributed by atoms with Crippen molar-refractivity contribution in [3.05, 3.63) is 40.9 Å². The van der Waals surface area contributed by atoms with Crippen molar-refractivity contribution in [2.45, 2.75) is 51.5 Å². The third-order valence-electron chi connectivity index (χ3n) is 7.05. The van der Waals surface area contributed by atoms with E-state index in [0.717, 1.165) is 12.8 Å². The molecule has 1 saturated carbocycles. The Bertz CT molecular complexity index is 1290. The standard InChI is InChI=1S/C26H28ClN5O4/c27-19-8-4-7-18(13-19)20-21-24(30-25(29-20)23(28)36-15-33)31-26(22(34)17-9-11-35-12-10-17)32(21)14-16-5-2-1-3-6-16/h4,7-8,13,15-17,28H,1-3,5-6,9-12,14H2. The van der Waals surface area contributed by atoms with E-state index in [4.69, 9.17) is 31.5 Å². The second-order valence-corrected chi connectivity index (χ2v) is 9.86. The van der Waals surface area contributed by atoms with Gasteiger partial charge in [-0.2, -0.15) is 0 Å². The monoisotopic (exact) mass is 509 g/mol. The highest BCUT2D eigenvalue weighted by atomic mass is 35.5. The summed E-state index contributed by atoms with van der Waals surface area (Å²) in [5, 5.41) is 8.62. The van der Waals surface area contributed by atoms with E-state index in [0.29, 0.717) is 71.8 Å². The minimum Gasteiger partial charge on any atom is -0.406 e. The van der Waals surface area contributed by atoms with Gasteiger partial charge in [0.25, 0.3) is 12.4 Å². The lowest BCUT2D eigenvalue weighted by atomic mass is 9.89. The number of benzene rings is 1. The van der Waals surface area contributed by atoms with E-state index >= 15 is 0 Å². The van der Waals surface area contributed by atoms with Crippen LogP contribution in [0.25, 0.3) is 22.4 Å². The molecule has 2 fully saturated rings. The molecule has 0 amide bonds. The van der Waals surface area contributed by atoms with Gasteiger partial charge < -0.3 is 14.0 Å². The van der Waals surface area contributed by atoms with Gasteiger partial charge in [-0.1, -0.05) is 43.0 Å². The molecule has 2 aliphatic rings. The van der Waals surface area contributed by atoms with Crippen molar-refractivity contribution < 1.29 is 19.1 Å². The van der Waals surface area contributed by atoms with Crippen LogP contribution in [0.5, 0.6) is 0 Å². The highest BCUT2D eigenvalue weighted by Crippen LogP contribution is 2.33. The lowest BCUT2D eigenvalue weighted by molar-refractivity contribution is -0.121. The van der Waals surface area contributed by atoms with E-state index < -0.39 is 5.90 Å². The van der Waals surface area contributed by atoms with E-state index in [9.17, 15) is 9.59 Å². The van der Waals surface area contributed by atoms with Crippen LogP contribution in [0.2, 0.25) is 5.02 Å². The van der Waals surface area contributed by atoms with Gasteiger partial charge in [-0.3, -0.25) is 15.0 Å². The summed E-state index contributed by atoms with van der Waals surface area (Å²) in [5.74, 6) is 0.0108. The first kappa shape index (κ1) is 24.5. The molecule has 1 N–H and O–H groups in total. The number of imidazole rings is 1. The van der Waals surface area contributed by atoms with Crippen molar-refractivity contribution in [1.82, 2.24) is 19.5 Å². The summed E-state index contributed by atoms with van der Waals surface area (Å²) in [6, 6.07) is 7.21. The highest BCUT2D eigenvalue weighted by Gasteiger charge is 2.31. The van der Waals surface area contributed by atoms with Crippen LogP contribution in [0.4, 0.5) is 0 Å². The molecule has 1 aliphatic heterocycles. The van der Waals surface area contributed by atoms with Crippen molar-refractivity contribution in [3.63, 3.8) is 0 Å². The van der Waals surface area contributed by atoms with Gasteiger partial charge in [0, 0.05) is 36.3 Å². The molecular weight excluding hydrogens is 482 g/mol. The highest BCUT2D eigenvalue weighted by molar-refractivity contribution is 6.30. The fourth-order valence-corrected chi connectivity index (χ4v) is 5.40. The molecule has 3 heterocycles. The number of nitrogens with zero attached hydrogens (tertiary/aromatic N) is 4. The first-order valence-corrected chi connectivity index (χ1v) is 12.8. The maximum Gasteiger partial charge on any atom is 0.299 e. The number of Topliss-reactive ketones (excluding diaryl/α,β-unsaturated/α-hetero) is 1. The third kappa shape index (κ3) is 5.03. The molecule has 0 atom stereocenters. The normalized spacial score (nSPS) is 17.2. The summed E-state index contributed by atoms with van der Waals surface area (Å²) in [6.45, 7) is 1.91. The fourth-order valence-electron chi connectivity index (χ4n) is 5.21. The Morgan fingerprint density at radius 1 is 1.14 bits per heavy atom. The number of hydrogen-bond donors (Lipinski definition) is 1. The molecule has 2 aromatic heterocycles. The van der Waals surface area contributed by atoms with Gasteiger partial charge >= 0.3 is 0 Å². The molecule has 1 aromatic carbocycles. The number of carbonyl (C=O) groups excluding carboxylic acids is 2. The van der Waals surface area contributed by atoms with Crippen LogP contribution in [0.3, 0.4) is 0 Å². The molecule has 9 nitrogen and oxygen atoms in total. The molecule has 0 spiro atoms. The summed E-state index contributed by atoms with van der Waals surface area (Å²) >= 11 is 6.31. The molecule has 1 aliphatic carbocycles. The van der Waals surface area contributed by atoms with E-state index in [1.807, 2.05) is 16.7 Å². The van der Waals surface area contributed by atoms with Crippen LogP contribution in [0, 0.1) is 17.2 Å². The number of ketones is 1. The van der Waals surface area contributed by atoms with Crippen molar-refractivity contribution >= 4 is 40.9 Å². The second-order valence-electron chi connectivity index (χ2n) is 9.42. The van der Waals surface area contributed by atoms with Crippen LogP contribution >= 0.6 is 11.6 Å². The van der Waals surface area contributed by atoms with Gasteiger partial charge in [-0.05, 0) is 43.7 Å². The molecule has 0 unspecified atom stereocenters. The van der Waals surface area contributed by atoms with Crippen molar-refractivity contribution in [1.29, 1.82) is 5.41 Å². The third-order valence-corrected chi connectivity index (χ3v) is 7.28. The quantitative estimate of drug-likeness (QED) is 0.209. The SMILES string of the molecule is N=C(OC=O)c1nc(-c2cccc(Cl)c2)c2c(n1)nc(C(=O)C1CCOCC1)n2CC1CCCCC1. The zero-order chi connectivity index (χ0) is 25.1. The van der Waals surface area contributed by atoms with Crippen LogP contribution in [-0.2, 0) is 20.8 Å². The smallest absolute Gasteiger partial charge is 0.299 e. The molecule has 188 valence electrons. The Balaban J connectivity index is 1.71. The minimum absolute atomic E-state index is 0.0232. The molecular formula is C26H28ClN5O4. The molecule has 0 bridgehead atoms. The fraction of sp³-hybridized carbons (Fsp3) is 0.462. The Morgan fingerprint density at radius 3 is 2.64 bits per heavy atom. The number of aromatic nitrogens is 4. The van der Waals surface area contributed by atoms with Crippen LogP contribution in [0.1, 0.15) is 61.4 Å². The van der Waals surface area contributed by atoms with Crippen molar-refractivity contribution in [3.8, 4) is 11.3 Å². The molecule has 5 rings (SSSR count). The average molecular weight is 510 g/mol. The van der Waals surface area contributed by atoms with Gasteiger partial charge in [-0.15, -0.1) is 0 Å². The Hall–Kier alpha value is -3.17. The number of ether oxygens (including phenoxy) is 2. The van der Waals surface area contributed by atoms with Crippen molar-refractivity contribution in [2.24, 2.45) is 11.8 Å². The lowest BCUT2D eigenvalue weighted by Crippen LogP contribution is -2.27. The van der Waals surface area contributed by atoms with Gasteiger partial charge in [-0.25, -0.2) is 15.0 Å². The number of rotatable bonds is 7. The maximum atomic E-state index is 13.7. The van der Waals surface area contributed by atoms with Gasteiger partial charge in [0.05, 0.1) is 0 Å². The molecule has 3 aromatic rings. The number of carbonyl (C=O) groups is 2. The zero-order valence-corrected chi connectivity index (χ0v) is 20.7. The van der Waals surface area contributed by atoms with Crippen LogP contribution in [-0.4, -0.2) is 50.9 Å². The Morgan fingerprint density at radius 2 is 1.92 bits per heavy atom. The Labute approximate surface area is 213 Å². The maximum absolute atomic E-state index is 13.7. The number of nitrogens with one attached hydrogen (secondary N) is 1. The summed E-state index contributed by atoms with van der Waals surface area (Å²) in [7, 11) is 0. The zero-order valence-electron chi connectivity index (χ0n) is 19.9. The number of fused-ring (bicyclic) bond motifs is 1. The first-order chi connectivity index (χ1) is 17.5. The minimum atomic E-state index is -0.491. The van der Waals surface area contributed by atoms with Gasteiger partial charge in [0.1, 0.15) is 11.2 Å². The number of hydrogen-bond acceptors (Lipinski definition) is 8. The molecule has 36 heavy (non-hydrogen) atoms. The summed E-state index contributed by atoms with van der Waals surface area (Å²) < 4.78 is 12.2. The number of halogens is 1. The largest absolute Gasteiger partial charge is 0.406 e. The van der Waals surface area contributed by atoms with Crippen molar-refractivity contribution in [2.75, 3.05) is 13.2 Å². The first-order valence-electron chi connectivity index (χ1n) is 12.4. The van der Waals surface area contributed by atoms with Crippen LogP contribution < -0.4 is 0 Å².